The van der Waals surface area contributed by atoms with E-state index >= 15 is 0 Å². The van der Waals surface area contributed by atoms with Crippen LogP contribution in [0.5, 0.6) is 0 Å². The highest BCUT2D eigenvalue weighted by Crippen LogP contribution is 2.16. The van der Waals surface area contributed by atoms with Gasteiger partial charge in [-0.25, -0.2) is 9.97 Å². The zero-order valence-electron chi connectivity index (χ0n) is 5.92. The molecule has 0 bridgehead atoms. The molecule has 58 valence electrons. The van der Waals surface area contributed by atoms with Crippen LogP contribution in [-0.4, -0.2) is 23.1 Å². The minimum absolute atomic E-state index is 0.466. The maximum absolute atomic E-state index is 5.70. The maximum atomic E-state index is 5.70. The molecule has 1 fully saturated rings. The molecule has 1 aliphatic rings. The summed E-state index contributed by atoms with van der Waals surface area (Å²) in [5, 5.41) is 3.69. The van der Waals surface area contributed by atoms with Crippen molar-refractivity contribution in [3.8, 4) is 0 Å². The van der Waals surface area contributed by atoms with Gasteiger partial charge in [0, 0.05) is 25.2 Å². The molecule has 3 nitrogen and oxygen atoms in total. The predicted octanol–water partition coefficient (Wildman–Crippen LogP) is 0.817. The minimum atomic E-state index is 0.466. The number of nitrogens with zero attached hydrogens (tertiary/aromatic N) is 2. The summed E-state index contributed by atoms with van der Waals surface area (Å²) in [4.78, 5) is 8.24. The predicted molar refractivity (Wildman–Crippen MR) is 42.7 cm³/mol. The van der Waals surface area contributed by atoms with Gasteiger partial charge in [0.15, 0.2) is 0 Å². The summed E-state index contributed by atoms with van der Waals surface area (Å²) in [6.45, 7) is 1.95. The summed E-state index contributed by atoms with van der Waals surface area (Å²) in [5.74, 6) is 1.32. The molecule has 1 aromatic heterocycles. The van der Waals surface area contributed by atoms with Crippen molar-refractivity contribution < 1.29 is 0 Å². The number of nitrogens with one attached hydrogen (secondary N) is 1. The molecule has 2 rings (SSSR count). The highest BCUT2D eigenvalue weighted by atomic mass is 35.5. The third-order valence-electron chi connectivity index (χ3n) is 1.79. The van der Waals surface area contributed by atoms with Crippen molar-refractivity contribution in [2.75, 3.05) is 13.1 Å². The molecule has 11 heavy (non-hydrogen) atoms. The van der Waals surface area contributed by atoms with Crippen molar-refractivity contribution in [3.05, 3.63) is 23.2 Å². The summed E-state index contributed by atoms with van der Waals surface area (Å²) < 4.78 is 0. The van der Waals surface area contributed by atoms with Crippen molar-refractivity contribution >= 4 is 11.6 Å². The maximum Gasteiger partial charge on any atom is 0.135 e. The fraction of sp³-hybridized carbons (Fsp3) is 0.429. The second-order valence-corrected chi connectivity index (χ2v) is 2.98. The van der Waals surface area contributed by atoms with Gasteiger partial charge >= 0.3 is 0 Å². The van der Waals surface area contributed by atoms with Gasteiger partial charge in [0.2, 0.25) is 0 Å². The first-order valence-electron chi connectivity index (χ1n) is 3.55. The van der Waals surface area contributed by atoms with E-state index in [1.54, 1.807) is 12.3 Å². The average molecular weight is 170 g/mol. The van der Waals surface area contributed by atoms with Crippen LogP contribution < -0.4 is 5.32 Å². The molecule has 0 aliphatic carbocycles. The van der Waals surface area contributed by atoms with E-state index in [9.17, 15) is 0 Å². The zero-order valence-corrected chi connectivity index (χ0v) is 6.67. The molecule has 1 aromatic rings. The highest BCUT2D eigenvalue weighted by Gasteiger charge is 2.21. The van der Waals surface area contributed by atoms with Crippen LogP contribution in [-0.2, 0) is 0 Å². The van der Waals surface area contributed by atoms with Crippen molar-refractivity contribution in [2.45, 2.75) is 5.92 Å². The molecule has 4 heteroatoms. The highest BCUT2D eigenvalue weighted by molar-refractivity contribution is 6.29. The topological polar surface area (TPSA) is 37.8 Å². The number of rotatable bonds is 1. The Bertz CT molecular complexity index is 260. The van der Waals surface area contributed by atoms with Crippen LogP contribution in [0, 0.1) is 0 Å². The lowest BCUT2D eigenvalue weighted by Gasteiger charge is -2.25. The van der Waals surface area contributed by atoms with Gasteiger partial charge in [0.1, 0.15) is 11.0 Å². The molecular weight excluding hydrogens is 162 g/mol. The van der Waals surface area contributed by atoms with Gasteiger partial charge in [-0.1, -0.05) is 11.6 Å². The third-order valence-corrected chi connectivity index (χ3v) is 2.00. The van der Waals surface area contributed by atoms with Crippen molar-refractivity contribution in [1.82, 2.24) is 15.3 Å². The second kappa shape index (κ2) is 2.75. The smallest absolute Gasteiger partial charge is 0.135 e. The van der Waals surface area contributed by atoms with Crippen LogP contribution in [0.4, 0.5) is 0 Å². The molecule has 0 radical (unpaired) electrons. The summed E-state index contributed by atoms with van der Waals surface area (Å²) in [5.41, 5.74) is 0. The second-order valence-electron chi connectivity index (χ2n) is 2.59. The Balaban J connectivity index is 2.23. The molecule has 1 N–H and O–H groups in total. The summed E-state index contributed by atoms with van der Waals surface area (Å²) in [6.07, 6.45) is 1.70. The quantitative estimate of drug-likeness (QED) is 0.633. The first-order chi connectivity index (χ1) is 5.36. The average Bonchev–Trinajstić information content (AvgIpc) is 1.83. The molecule has 0 atom stereocenters. The number of hydrogen-bond acceptors (Lipinski definition) is 3. The summed E-state index contributed by atoms with van der Waals surface area (Å²) >= 11 is 5.70. The van der Waals surface area contributed by atoms with E-state index in [1.165, 1.54) is 0 Å². The number of aromatic nitrogens is 2. The van der Waals surface area contributed by atoms with E-state index < -0.39 is 0 Å². The number of halogens is 1. The van der Waals surface area contributed by atoms with Gasteiger partial charge < -0.3 is 5.32 Å². The lowest BCUT2D eigenvalue weighted by molar-refractivity contribution is 0.430. The Morgan fingerprint density at radius 2 is 2.36 bits per heavy atom. The molecule has 0 unspecified atom stereocenters. The molecule has 0 amide bonds. The molecule has 0 aromatic carbocycles. The van der Waals surface area contributed by atoms with Crippen molar-refractivity contribution in [2.24, 2.45) is 0 Å². The minimum Gasteiger partial charge on any atom is -0.315 e. The van der Waals surface area contributed by atoms with Crippen LogP contribution in [0.25, 0.3) is 0 Å². The van der Waals surface area contributed by atoms with Gasteiger partial charge in [-0.15, -0.1) is 0 Å². The largest absolute Gasteiger partial charge is 0.315 e. The van der Waals surface area contributed by atoms with E-state index in [0.29, 0.717) is 11.1 Å². The third kappa shape index (κ3) is 1.34. The standard InChI is InChI=1S/C7H8ClN3/c8-6-1-2-10-7(11-6)5-3-9-4-5/h1-2,5,9H,3-4H2. The molecule has 1 saturated heterocycles. The Labute approximate surface area is 69.8 Å². The summed E-state index contributed by atoms with van der Waals surface area (Å²) in [6, 6.07) is 1.69. The Morgan fingerprint density at radius 1 is 1.55 bits per heavy atom. The SMILES string of the molecule is Clc1ccnc(C2CNC2)n1. The van der Waals surface area contributed by atoms with Crippen LogP contribution in [0.3, 0.4) is 0 Å². The first kappa shape index (κ1) is 7.00. The van der Waals surface area contributed by atoms with Gasteiger partial charge in [-0.05, 0) is 6.07 Å². The van der Waals surface area contributed by atoms with Crippen LogP contribution >= 0.6 is 11.6 Å². The molecular formula is C7H8ClN3. The van der Waals surface area contributed by atoms with Crippen molar-refractivity contribution in [3.63, 3.8) is 0 Å². The van der Waals surface area contributed by atoms with E-state index in [-0.39, 0.29) is 0 Å². The first-order valence-corrected chi connectivity index (χ1v) is 3.93. The van der Waals surface area contributed by atoms with Crippen LogP contribution in [0.1, 0.15) is 11.7 Å². The van der Waals surface area contributed by atoms with Gasteiger partial charge in [0.25, 0.3) is 0 Å². The van der Waals surface area contributed by atoms with Gasteiger partial charge in [-0.3, -0.25) is 0 Å². The Kier molecular flexibility index (Phi) is 1.75. The van der Waals surface area contributed by atoms with E-state index in [1.807, 2.05) is 0 Å². The number of hydrogen-bond donors (Lipinski definition) is 1. The fourth-order valence-electron chi connectivity index (χ4n) is 1.02. The van der Waals surface area contributed by atoms with E-state index in [4.69, 9.17) is 11.6 Å². The van der Waals surface area contributed by atoms with Gasteiger partial charge in [-0.2, -0.15) is 0 Å². The van der Waals surface area contributed by atoms with Crippen LogP contribution in [0.15, 0.2) is 12.3 Å². The monoisotopic (exact) mass is 169 g/mol. The normalized spacial score (nSPS) is 17.9. The molecule has 0 saturated carbocycles. The van der Waals surface area contributed by atoms with Crippen molar-refractivity contribution in [1.29, 1.82) is 0 Å². The van der Waals surface area contributed by atoms with E-state index in [2.05, 4.69) is 15.3 Å². The molecule has 2 heterocycles. The lowest BCUT2D eigenvalue weighted by atomic mass is 10.0. The molecule has 1 aliphatic heterocycles. The Hall–Kier alpha value is -0.670. The lowest BCUT2D eigenvalue weighted by Crippen LogP contribution is -2.40. The zero-order chi connectivity index (χ0) is 7.68. The summed E-state index contributed by atoms with van der Waals surface area (Å²) in [7, 11) is 0. The van der Waals surface area contributed by atoms with Gasteiger partial charge in [0.05, 0.1) is 0 Å². The Morgan fingerprint density at radius 3 is 2.91 bits per heavy atom. The van der Waals surface area contributed by atoms with Crippen LogP contribution in [0.2, 0.25) is 5.15 Å². The fourth-order valence-corrected chi connectivity index (χ4v) is 1.16. The molecule has 0 spiro atoms. The van der Waals surface area contributed by atoms with E-state index in [0.717, 1.165) is 18.9 Å².